The molecule has 3 heteroatoms. The average Bonchev–Trinajstić information content (AvgIpc) is 2.16. The third-order valence-electron chi connectivity index (χ3n) is 3.30. The van der Waals surface area contributed by atoms with Gasteiger partial charge in [0.05, 0.1) is 6.61 Å². The number of hydrogen-bond donors (Lipinski definition) is 2. The van der Waals surface area contributed by atoms with Crippen LogP contribution in [0.25, 0.3) is 0 Å². The van der Waals surface area contributed by atoms with Crippen LogP contribution in [0.2, 0.25) is 0 Å². The van der Waals surface area contributed by atoms with E-state index in [2.05, 4.69) is 17.1 Å². The highest BCUT2D eigenvalue weighted by atomic mass is 16.3. The fourth-order valence-electron chi connectivity index (χ4n) is 1.93. The van der Waals surface area contributed by atoms with Crippen LogP contribution in [0.4, 0.5) is 0 Å². The number of hydrogen-bond acceptors (Lipinski definition) is 3. The molecule has 0 aromatic rings. The van der Waals surface area contributed by atoms with Crippen LogP contribution in [-0.4, -0.2) is 49.3 Å². The van der Waals surface area contributed by atoms with Crippen LogP contribution < -0.4 is 5.32 Å². The molecule has 0 aromatic carbocycles. The molecule has 1 aliphatic rings. The molecule has 0 heterocycles. The second-order valence-electron chi connectivity index (χ2n) is 4.32. The van der Waals surface area contributed by atoms with Gasteiger partial charge in [0, 0.05) is 19.1 Å². The van der Waals surface area contributed by atoms with E-state index in [0.29, 0.717) is 0 Å². The number of rotatable bonds is 7. The number of aliphatic hydroxyl groups is 1. The molecular weight excluding hydrogens is 176 g/mol. The van der Waals surface area contributed by atoms with E-state index in [-0.39, 0.29) is 12.6 Å². The third kappa shape index (κ3) is 3.56. The molecule has 1 rings (SSSR count). The Labute approximate surface area is 87.5 Å². The fraction of sp³-hybridized carbons (Fsp3) is 1.00. The average molecular weight is 200 g/mol. The van der Waals surface area contributed by atoms with Crippen molar-refractivity contribution in [1.82, 2.24) is 10.2 Å². The lowest BCUT2D eigenvalue weighted by Crippen LogP contribution is -2.44. The van der Waals surface area contributed by atoms with Crippen molar-refractivity contribution in [3.05, 3.63) is 0 Å². The molecule has 0 spiro atoms. The van der Waals surface area contributed by atoms with Crippen LogP contribution in [0.15, 0.2) is 0 Å². The van der Waals surface area contributed by atoms with Crippen LogP contribution >= 0.6 is 0 Å². The van der Waals surface area contributed by atoms with Gasteiger partial charge in [-0.3, -0.25) is 0 Å². The van der Waals surface area contributed by atoms with E-state index in [1.165, 1.54) is 25.8 Å². The van der Waals surface area contributed by atoms with Crippen molar-refractivity contribution in [2.24, 2.45) is 5.92 Å². The standard InChI is InChI=1S/C11H24N2O/c1-3-13(7-10-5-4-6-10)8-11(9-14)12-2/h10-12,14H,3-9H2,1-2H3. The number of nitrogens with one attached hydrogen (secondary N) is 1. The van der Waals surface area contributed by atoms with Crippen molar-refractivity contribution in [2.45, 2.75) is 32.2 Å². The SMILES string of the molecule is CCN(CC1CCC1)CC(CO)NC. The molecular formula is C11H24N2O. The summed E-state index contributed by atoms with van der Waals surface area (Å²) in [6.45, 7) is 5.71. The minimum absolute atomic E-state index is 0.232. The monoisotopic (exact) mass is 200 g/mol. The summed E-state index contributed by atoms with van der Waals surface area (Å²) in [5, 5.41) is 12.2. The molecule has 84 valence electrons. The summed E-state index contributed by atoms with van der Waals surface area (Å²) in [7, 11) is 1.91. The van der Waals surface area contributed by atoms with Crippen LogP contribution in [0.3, 0.4) is 0 Å². The van der Waals surface area contributed by atoms with Gasteiger partial charge in [-0.1, -0.05) is 13.3 Å². The van der Waals surface area contributed by atoms with Gasteiger partial charge in [-0.15, -0.1) is 0 Å². The maximum absolute atomic E-state index is 9.09. The summed E-state index contributed by atoms with van der Waals surface area (Å²) in [6, 6.07) is 0.232. The van der Waals surface area contributed by atoms with Crippen LogP contribution in [0.1, 0.15) is 26.2 Å². The minimum atomic E-state index is 0.232. The van der Waals surface area contributed by atoms with E-state index >= 15 is 0 Å². The largest absolute Gasteiger partial charge is 0.395 e. The Hall–Kier alpha value is -0.120. The van der Waals surface area contributed by atoms with E-state index in [1.54, 1.807) is 0 Å². The van der Waals surface area contributed by atoms with Crippen molar-refractivity contribution < 1.29 is 5.11 Å². The Bertz CT molecular complexity index is 144. The molecule has 1 saturated carbocycles. The molecule has 14 heavy (non-hydrogen) atoms. The van der Waals surface area contributed by atoms with Gasteiger partial charge in [0.1, 0.15) is 0 Å². The van der Waals surface area contributed by atoms with Crippen LogP contribution in [0.5, 0.6) is 0 Å². The van der Waals surface area contributed by atoms with Gasteiger partial charge in [0.25, 0.3) is 0 Å². The van der Waals surface area contributed by atoms with Gasteiger partial charge in [0.15, 0.2) is 0 Å². The van der Waals surface area contributed by atoms with E-state index < -0.39 is 0 Å². The first-order chi connectivity index (χ1) is 6.80. The number of aliphatic hydroxyl groups excluding tert-OH is 1. The number of nitrogens with zero attached hydrogens (tertiary/aromatic N) is 1. The molecule has 0 aliphatic heterocycles. The van der Waals surface area contributed by atoms with E-state index in [1.807, 2.05) is 7.05 Å². The summed E-state index contributed by atoms with van der Waals surface area (Å²) < 4.78 is 0. The Morgan fingerprint density at radius 1 is 1.50 bits per heavy atom. The first-order valence-corrected chi connectivity index (χ1v) is 5.80. The summed E-state index contributed by atoms with van der Waals surface area (Å²) in [4.78, 5) is 2.45. The van der Waals surface area contributed by atoms with E-state index in [9.17, 15) is 0 Å². The van der Waals surface area contributed by atoms with Crippen molar-refractivity contribution in [1.29, 1.82) is 0 Å². The molecule has 1 atom stereocenters. The highest BCUT2D eigenvalue weighted by Crippen LogP contribution is 2.26. The minimum Gasteiger partial charge on any atom is -0.395 e. The third-order valence-corrected chi connectivity index (χ3v) is 3.30. The summed E-state index contributed by atoms with van der Waals surface area (Å²) in [5.74, 6) is 0.922. The van der Waals surface area contributed by atoms with Crippen molar-refractivity contribution in [2.75, 3.05) is 33.3 Å². The van der Waals surface area contributed by atoms with E-state index in [4.69, 9.17) is 5.11 Å². The second-order valence-corrected chi connectivity index (χ2v) is 4.32. The normalized spacial score (nSPS) is 19.7. The highest BCUT2D eigenvalue weighted by molar-refractivity contribution is 4.76. The smallest absolute Gasteiger partial charge is 0.0597 e. The zero-order chi connectivity index (χ0) is 10.4. The molecule has 3 nitrogen and oxygen atoms in total. The predicted octanol–water partition coefficient (Wildman–Crippen LogP) is 0.689. The quantitative estimate of drug-likeness (QED) is 0.634. The van der Waals surface area contributed by atoms with Gasteiger partial charge in [-0.2, -0.15) is 0 Å². The van der Waals surface area contributed by atoms with Crippen LogP contribution in [-0.2, 0) is 0 Å². The topological polar surface area (TPSA) is 35.5 Å². The maximum atomic E-state index is 9.09. The molecule has 0 amide bonds. The molecule has 1 aliphatic carbocycles. The number of likely N-dealkylation sites (N-methyl/N-ethyl adjacent to an activating group) is 2. The summed E-state index contributed by atoms with van der Waals surface area (Å²) >= 11 is 0. The van der Waals surface area contributed by atoms with Gasteiger partial charge in [0.2, 0.25) is 0 Å². The highest BCUT2D eigenvalue weighted by Gasteiger charge is 2.21. The molecule has 0 aromatic heterocycles. The first kappa shape index (κ1) is 12.0. The fourth-order valence-corrected chi connectivity index (χ4v) is 1.93. The van der Waals surface area contributed by atoms with Crippen LogP contribution in [0, 0.1) is 5.92 Å². The Kier molecular flexibility index (Phi) is 5.45. The molecule has 2 N–H and O–H groups in total. The molecule has 1 unspecified atom stereocenters. The second kappa shape index (κ2) is 6.38. The van der Waals surface area contributed by atoms with Gasteiger partial charge in [-0.05, 0) is 32.4 Å². The lowest BCUT2D eigenvalue weighted by atomic mass is 9.85. The lowest BCUT2D eigenvalue weighted by Gasteiger charge is -2.33. The van der Waals surface area contributed by atoms with Gasteiger partial charge >= 0.3 is 0 Å². The van der Waals surface area contributed by atoms with Crippen molar-refractivity contribution in [3.8, 4) is 0 Å². The Morgan fingerprint density at radius 2 is 2.21 bits per heavy atom. The Balaban J connectivity index is 2.21. The molecule has 0 bridgehead atoms. The maximum Gasteiger partial charge on any atom is 0.0597 e. The summed E-state index contributed by atoms with van der Waals surface area (Å²) in [5.41, 5.74) is 0. The van der Waals surface area contributed by atoms with Gasteiger partial charge in [-0.25, -0.2) is 0 Å². The van der Waals surface area contributed by atoms with E-state index in [0.717, 1.165) is 19.0 Å². The molecule has 1 fully saturated rings. The Morgan fingerprint density at radius 3 is 2.57 bits per heavy atom. The van der Waals surface area contributed by atoms with Gasteiger partial charge < -0.3 is 15.3 Å². The zero-order valence-corrected chi connectivity index (χ0v) is 9.50. The summed E-state index contributed by atoms with van der Waals surface area (Å²) in [6.07, 6.45) is 4.22. The molecule has 0 radical (unpaired) electrons. The van der Waals surface area contributed by atoms with Crippen molar-refractivity contribution >= 4 is 0 Å². The zero-order valence-electron chi connectivity index (χ0n) is 9.50. The van der Waals surface area contributed by atoms with Crippen molar-refractivity contribution in [3.63, 3.8) is 0 Å². The molecule has 0 saturated heterocycles. The lowest BCUT2D eigenvalue weighted by molar-refractivity contribution is 0.148. The first-order valence-electron chi connectivity index (χ1n) is 5.80. The predicted molar refractivity (Wildman–Crippen MR) is 59.4 cm³/mol.